The smallest absolute Gasteiger partial charge is 0.317 e. The minimum atomic E-state index is -0.829. The lowest BCUT2D eigenvalue weighted by atomic mass is 9.91. The molecular formula is C16H23N3O3. The molecule has 6 heteroatoms. The van der Waals surface area contributed by atoms with Crippen LogP contribution >= 0.6 is 0 Å². The molecule has 0 spiro atoms. The van der Waals surface area contributed by atoms with E-state index in [0.717, 1.165) is 5.56 Å². The maximum Gasteiger partial charge on any atom is 0.317 e. The molecule has 1 amide bonds. The van der Waals surface area contributed by atoms with Crippen molar-refractivity contribution in [2.24, 2.45) is 11.8 Å². The highest BCUT2D eigenvalue weighted by molar-refractivity contribution is 5.78. The van der Waals surface area contributed by atoms with E-state index in [1.807, 2.05) is 17.0 Å². The van der Waals surface area contributed by atoms with Gasteiger partial charge in [0, 0.05) is 31.5 Å². The van der Waals surface area contributed by atoms with Crippen LogP contribution in [-0.4, -0.2) is 52.5 Å². The largest absolute Gasteiger partial charge is 0.480 e. The first-order valence-corrected chi connectivity index (χ1v) is 7.58. The Hall–Kier alpha value is -1.95. The lowest BCUT2D eigenvalue weighted by Crippen LogP contribution is -2.42. The topological polar surface area (TPSA) is 82.5 Å². The Bertz CT molecular complexity index is 519. The van der Waals surface area contributed by atoms with E-state index >= 15 is 0 Å². The van der Waals surface area contributed by atoms with Gasteiger partial charge in [-0.15, -0.1) is 0 Å². The van der Waals surface area contributed by atoms with Gasteiger partial charge >= 0.3 is 5.97 Å². The number of nitrogens with one attached hydrogen (secondary N) is 1. The van der Waals surface area contributed by atoms with Gasteiger partial charge in [-0.05, 0) is 23.5 Å². The Balaban J connectivity index is 1.94. The Morgan fingerprint density at radius 3 is 2.82 bits per heavy atom. The number of carboxylic acids is 1. The predicted octanol–water partition coefficient (Wildman–Crippen LogP) is 0.781. The number of rotatable bonds is 6. The van der Waals surface area contributed by atoms with Crippen LogP contribution in [0.25, 0.3) is 0 Å². The number of aliphatic carboxylic acids is 1. The maximum atomic E-state index is 12.2. The molecule has 2 atom stereocenters. The molecule has 0 aromatic carbocycles. The summed E-state index contributed by atoms with van der Waals surface area (Å²) in [6.45, 7) is 5.54. The summed E-state index contributed by atoms with van der Waals surface area (Å²) in [6.07, 6.45) is 3.66. The fraction of sp³-hybridized carbons (Fsp3) is 0.562. The molecular weight excluding hydrogens is 282 g/mol. The average molecular weight is 305 g/mol. The first-order valence-electron chi connectivity index (χ1n) is 7.58. The van der Waals surface area contributed by atoms with Gasteiger partial charge in [0.15, 0.2) is 0 Å². The molecule has 22 heavy (non-hydrogen) atoms. The lowest BCUT2D eigenvalue weighted by molar-refractivity contribution is -0.138. The number of hydrogen-bond donors (Lipinski definition) is 2. The maximum absolute atomic E-state index is 12.2. The van der Waals surface area contributed by atoms with Crippen LogP contribution in [0, 0.1) is 11.8 Å². The zero-order valence-corrected chi connectivity index (χ0v) is 13.0. The van der Waals surface area contributed by atoms with Gasteiger partial charge in [-0.2, -0.15) is 0 Å². The Labute approximate surface area is 130 Å². The summed E-state index contributed by atoms with van der Waals surface area (Å²) in [5.41, 5.74) is 0.876. The third-order valence-electron chi connectivity index (χ3n) is 4.09. The molecule has 2 heterocycles. The highest BCUT2D eigenvalue weighted by Gasteiger charge is 2.36. The van der Waals surface area contributed by atoms with E-state index in [1.165, 1.54) is 0 Å². The monoisotopic (exact) mass is 305 g/mol. The zero-order chi connectivity index (χ0) is 16.1. The molecule has 0 radical (unpaired) electrons. The standard InChI is InChI=1S/C16H23N3O3/c1-11(2)13-8-19(10-16(21)22)9-14(13)18-15(20)6-12-4-3-5-17-7-12/h3-5,7,11,13-14H,6,8-10H2,1-2H3,(H,18,20)(H,21,22)/t13-,14+/m0/s1. The van der Waals surface area contributed by atoms with Crippen LogP contribution in [0.4, 0.5) is 0 Å². The summed E-state index contributed by atoms with van der Waals surface area (Å²) in [5.74, 6) is -0.203. The van der Waals surface area contributed by atoms with Crippen molar-refractivity contribution < 1.29 is 14.7 Å². The van der Waals surface area contributed by atoms with Gasteiger partial charge in [0.1, 0.15) is 0 Å². The molecule has 2 N–H and O–H groups in total. The van der Waals surface area contributed by atoms with Crippen molar-refractivity contribution in [3.05, 3.63) is 30.1 Å². The summed E-state index contributed by atoms with van der Waals surface area (Å²) in [7, 11) is 0. The fourth-order valence-corrected chi connectivity index (χ4v) is 3.01. The zero-order valence-electron chi connectivity index (χ0n) is 13.0. The van der Waals surface area contributed by atoms with Crippen molar-refractivity contribution in [2.75, 3.05) is 19.6 Å². The number of carboxylic acid groups (broad SMARTS) is 1. The molecule has 1 aliphatic heterocycles. The number of nitrogens with zero attached hydrogens (tertiary/aromatic N) is 2. The Morgan fingerprint density at radius 1 is 1.45 bits per heavy atom. The molecule has 6 nitrogen and oxygen atoms in total. The molecule has 2 rings (SSSR count). The van der Waals surface area contributed by atoms with Crippen molar-refractivity contribution in [3.8, 4) is 0 Å². The summed E-state index contributed by atoms with van der Waals surface area (Å²) in [5, 5.41) is 12.0. The summed E-state index contributed by atoms with van der Waals surface area (Å²) in [6, 6.07) is 3.69. The molecule has 1 saturated heterocycles. The number of carbonyl (C=O) groups excluding carboxylic acids is 1. The highest BCUT2D eigenvalue weighted by atomic mass is 16.4. The second kappa shape index (κ2) is 7.35. The molecule has 1 aromatic rings. The van der Waals surface area contributed by atoms with Crippen molar-refractivity contribution >= 4 is 11.9 Å². The van der Waals surface area contributed by atoms with Crippen LogP contribution in [0.3, 0.4) is 0 Å². The van der Waals surface area contributed by atoms with Gasteiger partial charge in [-0.25, -0.2) is 0 Å². The molecule has 1 aliphatic rings. The SMILES string of the molecule is CC(C)[C@@H]1CN(CC(=O)O)C[C@H]1NC(=O)Cc1cccnc1. The molecule has 0 unspecified atom stereocenters. The van der Waals surface area contributed by atoms with E-state index in [1.54, 1.807) is 12.4 Å². The van der Waals surface area contributed by atoms with Gasteiger partial charge in [0.25, 0.3) is 0 Å². The fourth-order valence-electron chi connectivity index (χ4n) is 3.01. The van der Waals surface area contributed by atoms with Crippen molar-refractivity contribution in [1.29, 1.82) is 0 Å². The minimum Gasteiger partial charge on any atom is -0.480 e. The Kier molecular flexibility index (Phi) is 5.49. The quantitative estimate of drug-likeness (QED) is 0.811. The van der Waals surface area contributed by atoms with Gasteiger partial charge in [0.2, 0.25) is 5.91 Å². The number of amides is 1. The number of hydrogen-bond acceptors (Lipinski definition) is 4. The second-order valence-corrected chi connectivity index (χ2v) is 6.21. The Morgan fingerprint density at radius 2 is 2.23 bits per heavy atom. The van der Waals surface area contributed by atoms with E-state index in [9.17, 15) is 9.59 Å². The van der Waals surface area contributed by atoms with Crippen LogP contribution in [-0.2, 0) is 16.0 Å². The van der Waals surface area contributed by atoms with Crippen LogP contribution in [0.1, 0.15) is 19.4 Å². The minimum absolute atomic E-state index is 0.00326. The van der Waals surface area contributed by atoms with Crippen molar-refractivity contribution in [1.82, 2.24) is 15.2 Å². The molecule has 0 aliphatic carbocycles. The van der Waals surface area contributed by atoms with Crippen LogP contribution < -0.4 is 5.32 Å². The average Bonchev–Trinajstić information content (AvgIpc) is 2.81. The first-order chi connectivity index (χ1) is 10.5. The summed E-state index contributed by atoms with van der Waals surface area (Å²) in [4.78, 5) is 29.0. The van der Waals surface area contributed by atoms with Crippen molar-refractivity contribution in [2.45, 2.75) is 26.3 Å². The first kappa shape index (κ1) is 16.4. The summed E-state index contributed by atoms with van der Waals surface area (Å²) >= 11 is 0. The van der Waals surface area contributed by atoms with Gasteiger partial charge in [0.05, 0.1) is 13.0 Å². The van der Waals surface area contributed by atoms with E-state index < -0.39 is 5.97 Å². The number of pyridine rings is 1. The van der Waals surface area contributed by atoms with Gasteiger partial charge in [-0.1, -0.05) is 19.9 Å². The lowest BCUT2D eigenvalue weighted by Gasteiger charge is -2.23. The van der Waals surface area contributed by atoms with Gasteiger partial charge in [-0.3, -0.25) is 19.5 Å². The molecule has 0 saturated carbocycles. The van der Waals surface area contributed by atoms with E-state index in [0.29, 0.717) is 25.4 Å². The van der Waals surface area contributed by atoms with Crippen LogP contribution in [0.5, 0.6) is 0 Å². The molecule has 120 valence electrons. The third kappa shape index (κ3) is 4.53. The number of carbonyl (C=O) groups is 2. The third-order valence-corrected chi connectivity index (χ3v) is 4.09. The second-order valence-electron chi connectivity index (χ2n) is 6.21. The summed E-state index contributed by atoms with van der Waals surface area (Å²) < 4.78 is 0. The molecule has 0 bridgehead atoms. The normalized spacial score (nSPS) is 22.0. The van der Waals surface area contributed by atoms with Crippen molar-refractivity contribution in [3.63, 3.8) is 0 Å². The predicted molar refractivity (Wildman–Crippen MR) is 82.3 cm³/mol. The number of likely N-dealkylation sites (tertiary alicyclic amines) is 1. The van der Waals surface area contributed by atoms with E-state index in [2.05, 4.69) is 24.1 Å². The molecule has 1 aromatic heterocycles. The van der Waals surface area contributed by atoms with Gasteiger partial charge < -0.3 is 10.4 Å². The van der Waals surface area contributed by atoms with Crippen LogP contribution in [0.2, 0.25) is 0 Å². The highest BCUT2D eigenvalue weighted by Crippen LogP contribution is 2.24. The number of aromatic nitrogens is 1. The van der Waals surface area contributed by atoms with E-state index in [-0.39, 0.29) is 24.4 Å². The molecule has 1 fully saturated rings. The van der Waals surface area contributed by atoms with Crippen LogP contribution in [0.15, 0.2) is 24.5 Å². The van der Waals surface area contributed by atoms with E-state index in [4.69, 9.17) is 5.11 Å².